The fraction of sp³-hybridized carbons (Fsp3) is 0.542. The smallest absolute Gasteiger partial charge is 0.338 e. The number of anilines is 1. The molecule has 5 rings (SSSR count). The highest BCUT2D eigenvalue weighted by Gasteiger charge is 2.46. The molecule has 3 aliphatic rings. The number of rotatable bonds is 4. The Balaban J connectivity index is 1.24. The first-order chi connectivity index (χ1) is 15.4. The fourth-order valence-electron chi connectivity index (χ4n) is 5.46. The second kappa shape index (κ2) is 8.24. The van der Waals surface area contributed by atoms with Crippen LogP contribution in [0.15, 0.2) is 18.2 Å². The van der Waals surface area contributed by atoms with E-state index in [4.69, 9.17) is 4.74 Å². The van der Waals surface area contributed by atoms with Gasteiger partial charge in [-0.1, -0.05) is 6.07 Å². The number of nitrogens with zero attached hydrogens (tertiary/aromatic N) is 3. The number of benzene rings is 1. The van der Waals surface area contributed by atoms with E-state index in [1.165, 1.54) is 11.5 Å². The van der Waals surface area contributed by atoms with Gasteiger partial charge in [-0.05, 0) is 87.4 Å². The summed E-state index contributed by atoms with van der Waals surface area (Å²) in [5.41, 5.74) is 3.94. The number of esters is 1. The number of likely N-dealkylation sites (tertiary alicyclic amines) is 1. The Morgan fingerprint density at radius 3 is 2.69 bits per heavy atom. The molecule has 0 aliphatic carbocycles. The summed E-state index contributed by atoms with van der Waals surface area (Å²) < 4.78 is 9.49. The van der Waals surface area contributed by atoms with Crippen molar-refractivity contribution in [2.45, 2.75) is 52.2 Å². The Morgan fingerprint density at radius 1 is 1.19 bits per heavy atom. The molecule has 1 aromatic heterocycles. The Hall–Kier alpha value is -2.29. The van der Waals surface area contributed by atoms with E-state index in [0.29, 0.717) is 12.1 Å². The van der Waals surface area contributed by atoms with Gasteiger partial charge in [0.1, 0.15) is 11.6 Å². The SMILES string of the molecule is Cc1cc(N2CCCC3(CCN(C[C@H](O)c4ccc5c(c4C)COC5=O)CC3)C2=O)sn1. The molecule has 170 valence electrons. The summed E-state index contributed by atoms with van der Waals surface area (Å²) in [5, 5.41) is 11.9. The van der Waals surface area contributed by atoms with Crippen LogP contribution >= 0.6 is 11.5 Å². The van der Waals surface area contributed by atoms with E-state index >= 15 is 0 Å². The topological polar surface area (TPSA) is 83.0 Å². The third kappa shape index (κ3) is 3.64. The minimum Gasteiger partial charge on any atom is -0.457 e. The summed E-state index contributed by atoms with van der Waals surface area (Å²) in [7, 11) is 0. The Bertz CT molecular complexity index is 1060. The lowest BCUT2D eigenvalue weighted by atomic mass is 9.71. The Kier molecular flexibility index (Phi) is 5.55. The van der Waals surface area contributed by atoms with Crippen LogP contribution in [-0.2, 0) is 16.1 Å². The van der Waals surface area contributed by atoms with Crippen molar-refractivity contribution in [3.05, 3.63) is 46.1 Å². The third-order valence-electron chi connectivity index (χ3n) is 7.43. The molecule has 4 heterocycles. The maximum absolute atomic E-state index is 13.4. The number of carbonyl (C=O) groups is 2. The van der Waals surface area contributed by atoms with Gasteiger partial charge in [-0.25, -0.2) is 4.79 Å². The minimum atomic E-state index is -0.635. The highest BCUT2D eigenvalue weighted by atomic mass is 32.1. The number of hydrogen-bond donors (Lipinski definition) is 1. The fourth-order valence-corrected chi connectivity index (χ4v) is 6.24. The van der Waals surface area contributed by atoms with E-state index in [2.05, 4.69) is 9.27 Å². The molecule has 1 N–H and O–H groups in total. The van der Waals surface area contributed by atoms with Gasteiger partial charge in [0.2, 0.25) is 5.91 Å². The van der Waals surface area contributed by atoms with Crippen LogP contribution in [0.1, 0.15) is 64.5 Å². The van der Waals surface area contributed by atoms with Crippen molar-refractivity contribution >= 4 is 28.4 Å². The van der Waals surface area contributed by atoms with Gasteiger partial charge in [-0.2, -0.15) is 4.37 Å². The van der Waals surface area contributed by atoms with Crippen molar-refractivity contribution in [3.63, 3.8) is 0 Å². The highest BCUT2D eigenvalue weighted by Crippen LogP contribution is 2.43. The zero-order chi connectivity index (χ0) is 22.5. The molecular formula is C24H29N3O4S. The lowest BCUT2D eigenvalue weighted by molar-refractivity contribution is -0.133. The number of amides is 1. The maximum atomic E-state index is 13.4. The van der Waals surface area contributed by atoms with Crippen molar-refractivity contribution in [3.8, 4) is 0 Å². The highest BCUT2D eigenvalue weighted by molar-refractivity contribution is 7.10. The van der Waals surface area contributed by atoms with E-state index in [1.807, 2.05) is 30.9 Å². The first-order valence-corrected chi connectivity index (χ1v) is 12.1. The first kappa shape index (κ1) is 21.6. The zero-order valence-electron chi connectivity index (χ0n) is 18.6. The predicted octanol–water partition coefficient (Wildman–Crippen LogP) is 3.37. The van der Waals surface area contributed by atoms with E-state index in [9.17, 15) is 14.7 Å². The van der Waals surface area contributed by atoms with Crippen LogP contribution in [-0.4, -0.2) is 52.4 Å². The number of aliphatic hydroxyl groups is 1. The molecule has 2 fully saturated rings. The van der Waals surface area contributed by atoms with Gasteiger partial charge in [0.05, 0.1) is 22.8 Å². The number of piperidine rings is 2. The normalized spacial score (nSPS) is 21.7. The summed E-state index contributed by atoms with van der Waals surface area (Å²) in [6, 6.07) is 5.61. The molecule has 1 spiro atoms. The second-order valence-corrected chi connectivity index (χ2v) is 10.1. The molecule has 7 nitrogen and oxygen atoms in total. The number of aromatic nitrogens is 1. The average molecular weight is 456 g/mol. The number of fused-ring (bicyclic) bond motifs is 1. The van der Waals surface area contributed by atoms with E-state index in [-0.39, 0.29) is 23.9 Å². The van der Waals surface area contributed by atoms with Crippen LogP contribution in [0.5, 0.6) is 0 Å². The molecule has 0 bridgehead atoms. The average Bonchev–Trinajstić information content (AvgIpc) is 3.38. The van der Waals surface area contributed by atoms with Crippen LogP contribution in [0, 0.1) is 19.3 Å². The van der Waals surface area contributed by atoms with Crippen molar-refractivity contribution in [2.24, 2.45) is 5.41 Å². The quantitative estimate of drug-likeness (QED) is 0.712. The van der Waals surface area contributed by atoms with Gasteiger partial charge in [0.15, 0.2) is 0 Å². The molecule has 8 heteroatoms. The van der Waals surface area contributed by atoms with Gasteiger partial charge in [0, 0.05) is 18.7 Å². The van der Waals surface area contributed by atoms with Crippen molar-refractivity contribution < 1.29 is 19.4 Å². The van der Waals surface area contributed by atoms with E-state index < -0.39 is 6.10 Å². The van der Waals surface area contributed by atoms with Crippen LogP contribution in [0.25, 0.3) is 0 Å². The molecule has 1 atom stereocenters. The van der Waals surface area contributed by atoms with Crippen molar-refractivity contribution in [1.29, 1.82) is 0 Å². The Morgan fingerprint density at radius 2 is 1.97 bits per heavy atom. The van der Waals surface area contributed by atoms with E-state index in [1.54, 1.807) is 6.07 Å². The number of aliphatic hydroxyl groups excluding tert-OH is 1. The Labute approximate surface area is 192 Å². The summed E-state index contributed by atoms with van der Waals surface area (Å²) in [5.74, 6) is -0.0446. The molecule has 0 saturated carbocycles. The van der Waals surface area contributed by atoms with Crippen molar-refractivity contribution in [2.75, 3.05) is 31.1 Å². The summed E-state index contributed by atoms with van der Waals surface area (Å²) in [6.45, 7) is 7.08. The number of β-amino-alcohol motifs (C(OH)–C–C–N with tert-alkyl or cyclic N) is 1. The predicted molar refractivity (Wildman–Crippen MR) is 122 cm³/mol. The number of carbonyl (C=O) groups excluding carboxylic acids is 2. The molecule has 32 heavy (non-hydrogen) atoms. The molecule has 0 unspecified atom stereocenters. The molecule has 1 aromatic carbocycles. The molecule has 2 aromatic rings. The molecule has 2 saturated heterocycles. The number of hydrogen-bond acceptors (Lipinski definition) is 7. The van der Waals surface area contributed by atoms with Crippen LogP contribution in [0.3, 0.4) is 0 Å². The van der Waals surface area contributed by atoms with Crippen LogP contribution < -0.4 is 4.90 Å². The monoisotopic (exact) mass is 455 g/mol. The van der Waals surface area contributed by atoms with Gasteiger partial charge in [0.25, 0.3) is 0 Å². The molecule has 3 aliphatic heterocycles. The second-order valence-electron chi connectivity index (χ2n) is 9.35. The van der Waals surface area contributed by atoms with Crippen LogP contribution in [0.4, 0.5) is 5.00 Å². The standard InChI is InChI=1S/C24H29N3O4S/c1-15-12-21(32-25-15)27-9-3-6-24(23(27)30)7-10-26(11-8-24)13-20(28)17-4-5-18-19(16(17)2)14-31-22(18)29/h4-5,12,20,28H,3,6-11,13-14H2,1-2H3/t20-/m0/s1. The molecule has 0 radical (unpaired) electrons. The number of aryl methyl sites for hydroxylation is 1. The maximum Gasteiger partial charge on any atom is 0.338 e. The van der Waals surface area contributed by atoms with E-state index in [0.717, 1.165) is 72.7 Å². The minimum absolute atomic E-state index is 0.242. The van der Waals surface area contributed by atoms with Gasteiger partial charge in [-0.3, -0.25) is 4.79 Å². The largest absolute Gasteiger partial charge is 0.457 e. The summed E-state index contributed by atoms with van der Waals surface area (Å²) in [6.07, 6.45) is 2.95. The number of cyclic esters (lactones) is 1. The zero-order valence-corrected chi connectivity index (χ0v) is 19.4. The van der Waals surface area contributed by atoms with Gasteiger partial charge in [-0.15, -0.1) is 0 Å². The third-order valence-corrected chi connectivity index (χ3v) is 8.33. The van der Waals surface area contributed by atoms with Crippen molar-refractivity contribution in [1.82, 2.24) is 9.27 Å². The first-order valence-electron chi connectivity index (χ1n) is 11.3. The molecule has 1 amide bonds. The lowest BCUT2D eigenvalue weighted by Crippen LogP contribution is -2.54. The van der Waals surface area contributed by atoms with Crippen LogP contribution in [0.2, 0.25) is 0 Å². The summed E-state index contributed by atoms with van der Waals surface area (Å²) in [4.78, 5) is 29.4. The van der Waals surface area contributed by atoms with Gasteiger partial charge < -0.3 is 19.6 Å². The molecular weight excluding hydrogens is 426 g/mol. The summed E-state index contributed by atoms with van der Waals surface area (Å²) >= 11 is 1.41. The lowest BCUT2D eigenvalue weighted by Gasteiger charge is -2.46. The van der Waals surface area contributed by atoms with Gasteiger partial charge >= 0.3 is 5.97 Å². The number of ether oxygens (including phenoxy) is 1.